The van der Waals surface area contributed by atoms with Gasteiger partial charge in [-0.25, -0.2) is 0 Å². The zero-order valence-electron chi connectivity index (χ0n) is 48.6. The first-order valence-electron chi connectivity index (χ1n) is 31.3. The maximum absolute atomic E-state index is 12.9. The van der Waals surface area contributed by atoms with Gasteiger partial charge in [0.2, 0.25) is 0 Å². The topological polar surface area (TPSA) is 78.9 Å². The summed E-state index contributed by atoms with van der Waals surface area (Å²) in [7, 11) is 0. The fraction of sp³-hybridized carbons (Fsp3) is 0.721. The van der Waals surface area contributed by atoms with E-state index in [9.17, 15) is 14.4 Å². The van der Waals surface area contributed by atoms with Crippen LogP contribution in [-0.4, -0.2) is 37.2 Å². The molecule has 0 aliphatic rings. The van der Waals surface area contributed by atoms with Gasteiger partial charge in [0, 0.05) is 19.3 Å². The molecule has 0 aliphatic heterocycles. The second kappa shape index (κ2) is 61.9. The predicted octanol–water partition coefficient (Wildman–Crippen LogP) is 21.3. The van der Waals surface area contributed by atoms with E-state index in [1.807, 2.05) is 0 Å². The molecular weight excluding hydrogens is 913 g/mol. The van der Waals surface area contributed by atoms with E-state index in [2.05, 4.69) is 118 Å². The molecule has 0 amide bonds. The number of ether oxygens (including phenoxy) is 3. The number of carbonyl (C=O) groups is 3. The Labute approximate surface area is 457 Å². The molecule has 0 radical (unpaired) electrons. The summed E-state index contributed by atoms with van der Waals surface area (Å²) >= 11 is 0. The van der Waals surface area contributed by atoms with E-state index in [-0.39, 0.29) is 31.1 Å². The Morgan fingerprint density at radius 2 is 0.568 bits per heavy atom. The van der Waals surface area contributed by atoms with Crippen molar-refractivity contribution in [3.05, 3.63) is 97.2 Å². The van der Waals surface area contributed by atoms with E-state index in [4.69, 9.17) is 14.2 Å². The molecule has 6 nitrogen and oxygen atoms in total. The van der Waals surface area contributed by atoms with Gasteiger partial charge in [-0.3, -0.25) is 14.4 Å². The summed E-state index contributed by atoms with van der Waals surface area (Å²) < 4.78 is 16.9. The van der Waals surface area contributed by atoms with Crippen LogP contribution in [0.3, 0.4) is 0 Å². The second-order valence-electron chi connectivity index (χ2n) is 20.6. The van der Waals surface area contributed by atoms with Crippen LogP contribution in [0.25, 0.3) is 0 Å². The lowest BCUT2D eigenvalue weighted by Crippen LogP contribution is -2.30. The molecule has 0 rings (SSSR count). The van der Waals surface area contributed by atoms with Crippen molar-refractivity contribution >= 4 is 17.9 Å². The molecule has 0 saturated carbocycles. The van der Waals surface area contributed by atoms with Crippen molar-refractivity contribution < 1.29 is 28.6 Å². The molecule has 0 saturated heterocycles. The molecule has 0 N–H and O–H groups in total. The highest BCUT2D eigenvalue weighted by atomic mass is 16.6. The van der Waals surface area contributed by atoms with Crippen molar-refractivity contribution in [1.82, 2.24) is 0 Å². The highest BCUT2D eigenvalue weighted by molar-refractivity contribution is 5.71. The van der Waals surface area contributed by atoms with E-state index in [0.717, 1.165) is 116 Å². The van der Waals surface area contributed by atoms with E-state index >= 15 is 0 Å². The van der Waals surface area contributed by atoms with Gasteiger partial charge in [-0.2, -0.15) is 0 Å². The minimum absolute atomic E-state index is 0.0979. The maximum Gasteiger partial charge on any atom is 0.306 e. The van der Waals surface area contributed by atoms with Gasteiger partial charge < -0.3 is 14.2 Å². The van der Waals surface area contributed by atoms with Crippen molar-refractivity contribution in [2.75, 3.05) is 13.2 Å². The van der Waals surface area contributed by atoms with Crippen molar-refractivity contribution in [1.29, 1.82) is 0 Å². The number of hydrogen-bond acceptors (Lipinski definition) is 6. The first-order chi connectivity index (χ1) is 36.5. The number of carbonyl (C=O) groups excluding carboxylic acids is 3. The van der Waals surface area contributed by atoms with Gasteiger partial charge in [-0.1, -0.05) is 259 Å². The fourth-order valence-electron chi connectivity index (χ4n) is 8.63. The Kier molecular flexibility index (Phi) is 58.8. The Morgan fingerprint density at radius 3 is 0.932 bits per heavy atom. The summed E-state index contributed by atoms with van der Waals surface area (Å²) in [6.45, 7) is 6.50. The quantitative estimate of drug-likeness (QED) is 0.0199. The van der Waals surface area contributed by atoms with E-state index in [1.165, 1.54) is 141 Å². The zero-order chi connectivity index (χ0) is 53.6. The molecule has 0 aromatic heterocycles. The van der Waals surface area contributed by atoms with Crippen molar-refractivity contribution in [3.8, 4) is 0 Å². The highest BCUT2D eigenvalue weighted by Gasteiger charge is 2.19. The zero-order valence-corrected chi connectivity index (χ0v) is 48.6. The first-order valence-corrected chi connectivity index (χ1v) is 31.3. The van der Waals surface area contributed by atoms with E-state index < -0.39 is 6.10 Å². The molecule has 0 fully saturated rings. The third-order valence-corrected chi connectivity index (χ3v) is 13.3. The number of esters is 3. The molecule has 74 heavy (non-hydrogen) atoms. The average Bonchev–Trinajstić information content (AvgIpc) is 3.40. The third kappa shape index (κ3) is 59.2. The summed E-state index contributed by atoms with van der Waals surface area (Å²) in [6, 6.07) is 0. The minimum Gasteiger partial charge on any atom is -0.462 e. The predicted molar refractivity (Wildman–Crippen MR) is 320 cm³/mol. The van der Waals surface area contributed by atoms with Crippen LogP contribution in [0.4, 0.5) is 0 Å². The molecule has 1 atom stereocenters. The van der Waals surface area contributed by atoms with Gasteiger partial charge in [0.05, 0.1) is 0 Å². The van der Waals surface area contributed by atoms with Crippen LogP contribution in [0.15, 0.2) is 97.2 Å². The van der Waals surface area contributed by atoms with Gasteiger partial charge in [0.1, 0.15) is 13.2 Å². The van der Waals surface area contributed by atoms with E-state index in [0.29, 0.717) is 19.3 Å². The molecule has 0 heterocycles. The molecule has 0 aromatic carbocycles. The average molecular weight is 1030 g/mol. The standard InChI is InChI=1S/C68H116O6/c1-4-7-10-13-16-19-22-25-28-31-34-37-40-43-46-49-52-55-58-61-67(70)73-64-65(63-72-66(69)60-57-54-51-48-45-42-39-36-33-30-27-24-21-18-15-12-9-6-3)74-68(71)62-59-56-53-50-47-44-41-38-35-32-29-26-23-20-17-14-11-8-5-2/h7,10,16,19,25,28,30,32-37,39,43,46,65H,4-6,8-9,11-15,17-18,20-24,26-27,29,31,38,40-42,44-45,47-64H2,1-3H3/b10-7-,19-16-,28-25-,33-30-,35-32-,37-34-,39-36-,46-43-. The monoisotopic (exact) mass is 1030 g/mol. The smallest absolute Gasteiger partial charge is 0.306 e. The van der Waals surface area contributed by atoms with Crippen LogP contribution in [0.5, 0.6) is 0 Å². The number of allylic oxidation sites excluding steroid dienone is 16. The lowest BCUT2D eigenvalue weighted by molar-refractivity contribution is -0.167. The van der Waals surface area contributed by atoms with Crippen LogP contribution in [0.2, 0.25) is 0 Å². The normalized spacial score (nSPS) is 12.7. The summed E-state index contributed by atoms with van der Waals surface area (Å²) in [4.78, 5) is 38.3. The molecule has 6 heteroatoms. The SMILES string of the molecule is CC/C=C\C/C=C\C/C=C\C/C=C\C/C=C\CCCCCC(=O)OCC(COC(=O)CCCCCCC/C=C\C=C/CCCCCCCCC)OC(=O)CCCCCCCCC/C=C\CCCCCCCCCC. The fourth-order valence-corrected chi connectivity index (χ4v) is 8.63. The second-order valence-corrected chi connectivity index (χ2v) is 20.6. The molecule has 0 bridgehead atoms. The summed E-state index contributed by atoms with van der Waals surface area (Å²) in [5.41, 5.74) is 0. The molecule has 0 aromatic rings. The summed E-state index contributed by atoms with van der Waals surface area (Å²) in [6.07, 6.45) is 82.6. The van der Waals surface area contributed by atoms with Crippen LogP contribution in [0, 0.1) is 0 Å². The Morgan fingerprint density at radius 1 is 0.297 bits per heavy atom. The molecule has 0 spiro atoms. The Bertz CT molecular complexity index is 1460. The van der Waals surface area contributed by atoms with Gasteiger partial charge >= 0.3 is 17.9 Å². The van der Waals surface area contributed by atoms with Crippen LogP contribution in [0.1, 0.15) is 297 Å². The number of unbranched alkanes of at least 4 members (excludes halogenated alkanes) is 30. The molecule has 0 aliphatic carbocycles. The van der Waals surface area contributed by atoms with Crippen LogP contribution >= 0.6 is 0 Å². The largest absolute Gasteiger partial charge is 0.462 e. The highest BCUT2D eigenvalue weighted by Crippen LogP contribution is 2.15. The molecular formula is C68H116O6. The molecule has 1 unspecified atom stereocenters. The van der Waals surface area contributed by atoms with Gasteiger partial charge in [-0.05, 0) is 116 Å². The van der Waals surface area contributed by atoms with Crippen molar-refractivity contribution in [2.45, 2.75) is 303 Å². The first kappa shape index (κ1) is 70.3. The van der Waals surface area contributed by atoms with Crippen molar-refractivity contribution in [2.24, 2.45) is 0 Å². The van der Waals surface area contributed by atoms with Gasteiger partial charge in [-0.15, -0.1) is 0 Å². The van der Waals surface area contributed by atoms with E-state index in [1.54, 1.807) is 0 Å². The van der Waals surface area contributed by atoms with Gasteiger partial charge in [0.25, 0.3) is 0 Å². The summed E-state index contributed by atoms with van der Waals surface area (Å²) in [5, 5.41) is 0. The number of hydrogen-bond donors (Lipinski definition) is 0. The van der Waals surface area contributed by atoms with Crippen molar-refractivity contribution in [3.63, 3.8) is 0 Å². The Hall–Kier alpha value is -3.67. The maximum atomic E-state index is 12.9. The molecule has 424 valence electrons. The lowest BCUT2D eigenvalue weighted by Gasteiger charge is -2.18. The third-order valence-electron chi connectivity index (χ3n) is 13.3. The summed E-state index contributed by atoms with van der Waals surface area (Å²) in [5.74, 6) is -0.941. The number of rotatable bonds is 56. The lowest BCUT2D eigenvalue weighted by atomic mass is 10.1. The minimum atomic E-state index is -0.802. The van der Waals surface area contributed by atoms with Gasteiger partial charge in [0.15, 0.2) is 6.10 Å². The Balaban J connectivity index is 4.48. The van der Waals surface area contributed by atoms with Crippen LogP contribution < -0.4 is 0 Å². The van der Waals surface area contributed by atoms with Crippen LogP contribution in [-0.2, 0) is 28.6 Å².